The second-order valence-corrected chi connectivity index (χ2v) is 6.76. The first-order valence-corrected chi connectivity index (χ1v) is 8.79. The zero-order valence-electron chi connectivity index (χ0n) is 14.0. The quantitative estimate of drug-likeness (QED) is 0.533. The second-order valence-electron chi connectivity index (χ2n) is 6.02. The molecule has 0 bridgehead atoms. The summed E-state index contributed by atoms with van der Waals surface area (Å²) < 4.78 is 2.16. The molecule has 0 amide bonds. The van der Waals surface area contributed by atoms with Crippen LogP contribution in [0.2, 0.25) is 0 Å². The first-order chi connectivity index (χ1) is 12.9. The molecule has 0 aliphatic carbocycles. The number of benzene rings is 1. The van der Waals surface area contributed by atoms with Gasteiger partial charge in [0.15, 0.2) is 5.69 Å². The first kappa shape index (κ1) is 16.8. The topological polar surface area (TPSA) is 101 Å². The van der Waals surface area contributed by atoms with Gasteiger partial charge in [-0.2, -0.15) is 0 Å². The number of carboxylic acid groups (broad SMARTS) is 1. The van der Waals surface area contributed by atoms with E-state index in [1.807, 2.05) is 6.92 Å². The van der Waals surface area contributed by atoms with E-state index in [4.69, 9.17) is 6.57 Å². The van der Waals surface area contributed by atoms with Crippen LogP contribution in [-0.2, 0) is 6.67 Å². The van der Waals surface area contributed by atoms with Gasteiger partial charge >= 0.3 is 11.7 Å². The number of aromatic carboxylic acids is 1. The molecule has 0 spiro atoms. The molecule has 0 unspecified atom stereocenters. The van der Waals surface area contributed by atoms with Gasteiger partial charge < -0.3 is 10.1 Å². The monoisotopic (exact) mass is 380 g/mol. The predicted octanol–water partition coefficient (Wildman–Crippen LogP) is 2.58. The van der Waals surface area contributed by atoms with Crippen LogP contribution in [0.3, 0.4) is 0 Å². The lowest BCUT2D eigenvalue weighted by Gasteiger charge is -2.06. The smallest absolute Gasteiger partial charge is 0.354 e. The highest BCUT2D eigenvalue weighted by molar-refractivity contribution is 7.09. The average molecular weight is 380 g/mol. The number of fused-ring (bicyclic) bond motifs is 2. The summed E-state index contributed by atoms with van der Waals surface area (Å²) in [6.45, 7) is 8.74. The van der Waals surface area contributed by atoms with Crippen LogP contribution in [0.1, 0.15) is 16.1 Å². The lowest BCUT2D eigenvalue weighted by molar-refractivity contribution is 0.0686. The maximum atomic E-state index is 13.0. The predicted molar refractivity (Wildman–Crippen MR) is 102 cm³/mol. The van der Waals surface area contributed by atoms with Crippen LogP contribution >= 0.6 is 11.3 Å². The molecule has 4 rings (SSSR count). The third-order valence-electron chi connectivity index (χ3n) is 4.37. The molecule has 0 fully saturated rings. The van der Waals surface area contributed by atoms with Crippen LogP contribution in [0.4, 0.5) is 0 Å². The molecule has 0 radical (unpaired) electrons. The third kappa shape index (κ3) is 2.38. The Kier molecular flexibility index (Phi) is 3.71. The van der Waals surface area contributed by atoms with Crippen LogP contribution in [0, 0.1) is 13.5 Å². The van der Waals surface area contributed by atoms with Gasteiger partial charge in [0.05, 0.1) is 22.1 Å². The number of H-pyrrole nitrogens is 1. The van der Waals surface area contributed by atoms with E-state index < -0.39 is 17.2 Å². The van der Waals surface area contributed by atoms with Crippen LogP contribution < -0.4 is 11.2 Å². The molecule has 1 aromatic carbocycles. The Morgan fingerprint density at radius 2 is 2.07 bits per heavy atom. The van der Waals surface area contributed by atoms with E-state index in [1.165, 1.54) is 15.9 Å². The summed E-state index contributed by atoms with van der Waals surface area (Å²) in [6, 6.07) is 5.18. The second kappa shape index (κ2) is 5.96. The number of carbonyl (C=O) groups is 1. The van der Waals surface area contributed by atoms with Crippen LogP contribution in [0.25, 0.3) is 32.3 Å². The van der Waals surface area contributed by atoms with E-state index in [0.717, 1.165) is 10.1 Å². The van der Waals surface area contributed by atoms with Gasteiger partial charge in [0, 0.05) is 16.1 Å². The number of hydrogen-bond donors (Lipinski definition) is 2. The first-order valence-electron chi connectivity index (χ1n) is 7.85. The molecule has 0 aliphatic rings. The molecule has 0 saturated heterocycles. The fourth-order valence-electron chi connectivity index (χ4n) is 3.26. The van der Waals surface area contributed by atoms with E-state index in [9.17, 15) is 19.5 Å². The van der Waals surface area contributed by atoms with Crippen molar-refractivity contribution in [2.24, 2.45) is 0 Å². The van der Waals surface area contributed by atoms with Crippen molar-refractivity contribution < 1.29 is 9.90 Å². The summed E-state index contributed by atoms with van der Waals surface area (Å²) in [7, 11) is 0. The molecular formula is C18H12N4O4S. The van der Waals surface area contributed by atoms with Gasteiger partial charge in [0.1, 0.15) is 0 Å². The number of carboxylic acids is 1. The van der Waals surface area contributed by atoms with E-state index in [0.29, 0.717) is 21.8 Å². The summed E-state index contributed by atoms with van der Waals surface area (Å²) in [5.74, 6) is -1.32. The summed E-state index contributed by atoms with van der Waals surface area (Å²) in [6.07, 6.45) is 0. The molecule has 0 atom stereocenters. The number of nitrogens with one attached hydrogen (secondary N) is 1. The van der Waals surface area contributed by atoms with Crippen molar-refractivity contribution in [2.45, 2.75) is 13.6 Å². The SMILES string of the molecule is [C-]#[N+]Cn1c(C(=O)O)c(-n2c(=O)[nH]c3cscc3c2=O)c2cc(C)ccc21. The zero-order valence-corrected chi connectivity index (χ0v) is 14.8. The van der Waals surface area contributed by atoms with Crippen molar-refractivity contribution in [1.29, 1.82) is 0 Å². The van der Waals surface area contributed by atoms with Crippen molar-refractivity contribution in [1.82, 2.24) is 14.1 Å². The van der Waals surface area contributed by atoms with E-state index >= 15 is 0 Å². The van der Waals surface area contributed by atoms with Crippen LogP contribution in [0.5, 0.6) is 0 Å². The van der Waals surface area contributed by atoms with Gasteiger partial charge in [-0.15, -0.1) is 11.3 Å². The normalized spacial score (nSPS) is 11.1. The summed E-state index contributed by atoms with van der Waals surface area (Å²) in [5, 5.41) is 13.8. The molecule has 8 nitrogen and oxygen atoms in total. The minimum Gasteiger partial charge on any atom is -0.477 e. The zero-order chi connectivity index (χ0) is 19.3. The van der Waals surface area contributed by atoms with Gasteiger partial charge in [-0.3, -0.25) is 14.2 Å². The Morgan fingerprint density at radius 1 is 1.30 bits per heavy atom. The minimum absolute atomic E-state index is 0.0239. The number of rotatable bonds is 3. The molecule has 27 heavy (non-hydrogen) atoms. The number of nitrogens with zero attached hydrogens (tertiary/aromatic N) is 3. The number of aryl methyl sites for hydroxylation is 1. The van der Waals surface area contributed by atoms with Crippen molar-refractivity contribution in [2.75, 3.05) is 0 Å². The molecule has 3 aromatic heterocycles. The Balaban J connectivity index is 2.27. The van der Waals surface area contributed by atoms with Crippen molar-refractivity contribution in [3.8, 4) is 5.69 Å². The molecule has 4 aromatic rings. The minimum atomic E-state index is -1.32. The summed E-state index contributed by atoms with van der Waals surface area (Å²) in [5.41, 5.74) is 0.0993. The molecule has 134 valence electrons. The Labute approximate surface area is 155 Å². The lowest BCUT2D eigenvalue weighted by Crippen LogP contribution is -2.34. The van der Waals surface area contributed by atoms with Gasteiger partial charge in [-0.1, -0.05) is 11.6 Å². The molecule has 0 saturated carbocycles. The summed E-state index contributed by atoms with van der Waals surface area (Å²) >= 11 is 1.26. The maximum Gasteiger partial charge on any atom is 0.354 e. The number of aromatic amines is 1. The molecule has 9 heteroatoms. The maximum absolute atomic E-state index is 13.0. The van der Waals surface area contributed by atoms with Crippen molar-refractivity contribution >= 4 is 39.1 Å². The molecular weight excluding hydrogens is 368 g/mol. The van der Waals surface area contributed by atoms with Crippen LogP contribution in [-0.4, -0.2) is 25.2 Å². The molecule has 3 heterocycles. The van der Waals surface area contributed by atoms with Gasteiger partial charge in [-0.05, 0) is 19.1 Å². The van der Waals surface area contributed by atoms with Crippen molar-refractivity contribution in [3.05, 3.63) is 72.5 Å². The Morgan fingerprint density at radius 3 is 2.78 bits per heavy atom. The Hall–Kier alpha value is -3.64. The van der Waals surface area contributed by atoms with E-state index in [1.54, 1.807) is 29.0 Å². The van der Waals surface area contributed by atoms with Gasteiger partial charge in [0.2, 0.25) is 0 Å². The summed E-state index contributed by atoms with van der Waals surface area (Å²) in [4.78, 5) is 43.6. The Bertz CT molecular complexity index is 1400. The highest BCUT2D eigenvalue weighted by atomic mass is 32.1. The number of hydrogen-bond acceptors (Lipinski definition) is 4. The molecule has 0 aliphatic heterocycles. The van der Waals surface area contributed by atoms with Crippen LogP contribution in [0.15, 0.2) is 38.5 Å². The van der Waals surface area contributed by atoms with E-state index in [2.05, 4.69) is 9.83 Å². The van der Waals surface area contributed by atoms with E-state index in [-0.39, 0.29) is 18.1 Å². The highest BCUT2D eigenvalue weighted by Crippen LogP contribution is 2.30. The fraction of sp³-hybridized carbons (Fsp3) is 0.111. The van der Waals surface area contributed by atoms with Crippen molar-refractivity contribution in [3.63, 3.8) is 0 Å². The highest BCUT2D eigenvalue weighted by Gasteiger charge is 2.27. The van der Waals surface area contributed by atoms with Gasteiger partial charge in [0.25, 0.3) is 12.2 Å². The number of thiophene rings is 1. The fourth-order valence-corrected chi connectivity index (χ4v) is 4.01. The number of aromatic nitrogens is 3. The molecule has 2 N–H and O–H groups in total. The average Bonchev–Trinajstić information content (AvgIpc) is 3.19. The van der Waals surface area contributed by atoms with Gasteiger partial charge in [-0.25, -0.2) is 20.7 Å². The standard InChI is InChI=1S/C18H12N4O4S/c1-9-3-4-13-10(5-9)14(15(17(24)25)21(13)8-19-2)22-16(23)11-6-27-7-12(11)20-18(22)26/h3-7H,8H2,1H3,(H,20,26)(H,24,25). The third-order valence-corrected chi connectivity index (χ3v) is 5.11. The largest absolute Gasteiger partial charge is 0.477 e. The lowest BCUT2D eigenvalue weighted by atomic mass is 10.1.